The Bertz CT molecular complexity index is 1500. The van der Waals surface area contributed by atoms with Crippen LogP contribution in [0.25, 0.3) is 0 Å². The molecule has 0 saturated heterocycles. The smallest absolute Gasteiger partial charge is 0.323 e. The molecule has 0 fully saturated rings. The Morgan fingerprint density at radius 3 is 2.43 bits per heavy atom. The molecule has 3 atom stereocenters. The van der Waals surface area contributed by atoms with Crippen molar-refractivity contribution in [3.05, 3.63) is 78.4 Å². The number of ether oxygens (including phenoxy) is 2. The van der Waals surface area contributed by atoms with E-state index < -0.39 is 28.2 Å². The first-order valence-electron chi connectivity index (χ1n) is 13.5. The van der Waals surface area contributed by atoms with Crippen LogP contribution in [0.5, 0.6) is 11.5 Å². The number of carbonyl (C=O) groups excluding carboxylic acids is 2. The van der Waals surface area contributed by atoms with Crippen molar-refractivity contribution in [3.8, 4) is 11.5 Å². The molecule has 0 radical (unpaired) electrons. The predicted octanol–water partition coefficient (Wildman–Crippen LogP) is 3.88. The SMILES string of the molecule is COc1ccc(S(=O)(=O)N(C)C[C@H]2Oc3c(NC(=O)Nc4ccccc4)cccc3C(=O)N([C@@H](C)CO)C[C@H]2C)cc1. The standard InChI is InChI=1S/C30H36N4O7S/c1-20-17-34(21(2)19-35)29(36)25-11-8-12-26(32-30(37)31-22-9-6-5-7-10-22)28(25)41-27(20)18-33(3)42(38,39)24-15-13-23(40-4)14-16-24/h5-16,20-21,27,35H,17-19H2,1-4H3,(H2,31,32,37)/t20-,21+,27-/m1/s1. The fourth-order valence-electron chi connectivity index (χ4n) is 4.65. The topological polar surface area (TPSA) is 138 Å². The number of rotatable bonds is 9. The Morgan fingerprint density at radius 2 is 1.79 bits per heavy atom. The van der Waals surface area contributed by atoms with E-state index in [-0.39, 0.29) is 53.4 Å². The number of urea groups is 1. The number of fused-ring (bicyclic) bond motifs is 1. The number of carbonyl (C=O) groups is 2. The summed E-state index contributed by atoms with van der Waals surface area (Å²) >= 11 is 0. The highest BCUT2D eigenvalue weighted by atomic mass is 32.2. The van der Waals surface area contributed by atoms with Crippen LogP contribution < -0.4 is 20.1 Å². The van der Waals surface area contributed by atoms with Gasteiger partial charge >= 0.3 is 6.03 Å². The Morgan fingerprint density at radius 1 is 1.10 bits per heavy atom. The van der Waals surface area contributed by atoms with Crippen LogP contribution in [0.4, 0.5) is 16.2 Å². The van der Waals surface area contributed by atoms with E-state index in [4.69, 9.17) is 9.47 Å². The lowest BCUT2D eigenvalue weighted by molar-refractivity contribution is 0.0389. The quantitative estimate of drug-likeness (QED) is 0.341. The number of nitrogens with zero attached hydrogens (tertiary/aromatic N) is 2. The molecule has 0 saturated carbocycles. The van der Waals surface area contributed by atoms with Crippen LogP contribution in [0, 0.1) is 5.92 Å². The number of amides is 3. The van der Waals surface area contributed by atoms with Crippen molar-refractivity contribution in [1.82, 2.24) is 9.21 Å². The van der Waals surface area contributed by atoms with Gasteiger partial charge in [-0.2, -0.15) is 4.31 Å². The van der Waals surface area contributed by atoms with Crippen molar-refractivity contribution in [3.63, 3.8) is 0 Å². The maximum Gasteiger partial charge on any atom is 0.323 e. The van der Waals surface area contributed by atoms with E-state index in [0.717, 1.165) is 0 Å². The summed E-state index contributed by atoms with van der Waals surface area (Å²) in [5, 5.41) is 15.4. The minimum atomic E-state index is -3.90. The molecule has 3 amide bonds. The first kappa shape index (κ1) is 30.8. The summed E-state index contributed by atoms with van der Waals surface area (Å²) in [4.78, 5) is 28.2. The van der Waals surface area contributed by atoms with Crippen molar-refractivity contribution in [1.29, 1.82) is 0 Å². The number of likely N-dealkylation sites (N-methyl/N-ethyl adjacent to an activating group) is 1. The van der Waals surface area contributed by atoms with E-state index in [1.165, 1.54) is 30.6 Å². The molecule has 0 unspecified atom stereocenters. The number of nitrogens with one attached hydrogen (secondary N) is 2. The zero-order chi connectivity index (χ0) is 30.4. The summed E-state index contributed by atoms with van der Waals surface area (Å²) in [7, 11) is -0.931. The number of hydrogen-bond acceptors (Lipinski definition) is 7. The van der Waals surface area contributed by atoms with E-state index >= 15 is 0 Å². The third-order valence-corrected chi connectivity index (χ3v) is 9.01. The highest BCUT2D eigenvalue weighted by Crippen LogP contribution is 2.35. The number of sulfonamides is 1. The minimum Gasteiger partial charge on any atom is -0.497 e. The molecule has 42 heavy (non-hydrogen) atoms. The molecule has 1 aliphatic rings. The normalized spacial score (nSPS) is 17.9. The Kier molecular flexibility index (Phi) is 9.71. The summed E-state index contributed by atoms with van der Waals surface area (Å²) in [5.41, 5.74) is 1.00. The second kappa shape index (κ2) is 13.2. The average Bonchev–Trinajstić information content (AvgIpc) is 2.99. The number of hydrogen-bond donors (Lipinski definition) is 3. The summed E-state index contributed by atoms with van der Waals surface area (Å²) in [6, 6.07) is 18.7. The molecule has 0 aromatic heterocycles. The van der Waals surface area contributed by atoms with Crippen LogP contribution >= 0.6 is 0 Å². The van der Waals surface area contributed by atoms with E-state index in [1.807, 2.05) is 13.0 Å². The Balaban J connectivity index is 1.68. The van der Waals surface area contributed by atoms with Gasteiger partial charge in [-0.15, -0.1) is 0 Å². The molecule has 0 spiro atoms. The summed E-state index contributed by atoms with van der Waals surface area (Å²) < 4.78 is 39.6. The van der Waals surface area contributed by atoms with Crippen LogP contribution in [0.1, 0.15) is 24.2 Å². The molecule has 3 aromatic carbocycles. The number of para-hydroxylation sites is 2. The van der Waals surface area contributed by atoms with Crippen molar-refractivity contribution in [2.45, 2.75) is 30.9 Å². The second-order valence-electron chi connectivity index (χ2n) is 10.2. The lowest BCUT2D eigenvalue weighted by Crippen LogP contribution is -2.50. The van der Waals surface area contributed by atoms with Gasteiger partial charge in [0.05, 0.1) is 42.4 Å². The first-order chi connectivity index (χ1) is 20.0. The number of aliphatic hydroxyl groups excluding tert-OH is 1. The minimum absolute atomic E-state index is 0.0466. The molecule has 0 aliphatic carbocycles. The van der Waals surface area contributed by atoms with Gasteiger partial charge < -0.3 is 30.1 Å². The third-order valence-electron chi connectivity index (χ3n) is 7.18. The maximum absolute atomic E-state index is 13.7. The summed E-state index contributed by atoms with van der Waals surface area (Å²) in [6.45, 7) is 3.49. The molecule has 3 aromatic rings. The van der Waals surface area contributed by atoms with E-state index in [9.17, 15) is 23.1 Å². The molecule has 0 bridgehead atoms. The van der Waals surface area contributed by atoms with E-state index in [0.29, 0.717) is 11.4 Å². The van der Waals surface area contributed by atoms with Gasteiger partial charge in [-0.3, -0.25) is 4.79 Å². The molecule has 1 aliphatic heterocycles. The molecule has 224 valence electrons. The molecule has 4 rings (SSSR count). The van der Waals surface area contributed by atoms with Crippen LogP contribution in [0.3, 0.4) is 0 Å². The van der Waals surface area contributed by atoms with E-state index in [1.54, 1.807) is 66.4 Å². The van der Waals surface area contributed by atoms with Gasteiger partial charge in [0.25, 0.3) is 5.91 Å². The van der Waals surface area contributed by atoms with Gasteiger partial charge in [0.1, 0.15) is 11.9 Å². The highest BCUT2D eigenvalue weighted by molar-refractivity contribution is 7.89. The molecule has 12 heteroatoms. The number of aliphatic hydroxyl groups is 1. The van der Waals surface area contributed by atoms with Crippen LogP contribution in [0.15, 0.2) is 77.7 Å². The van der Waals surface area contributed by atoms with Gasteiger partial charge in [0.2, 0.25) is 10.0 Å². The Hall–Kier alpha value is -4.13. The summed E-state index contributed by atoms with van der Waals surface area (Å²) in [5.74, 6) is -0.0732. The van der Waals surface area contributed by atoms with Crippen LogP contribution in [0.2, 0.25) is 0 Å². The van der Waals surface area contributed by atoms with Gasteiger partial charge in [0, 0.05) is 25.2 Å². The van der Waals surface area contributed by atoms with Crippen LogP contribution in [-0.2, 0) is 10.0 Å². The molecule has 3 N–H and O–H groups in total. The molecule has 1 heterocycles. The monoisotopic (exact) mass is 596 g/mol. The zero-order valence-electron chi connectivity index (χ0n) is 24.0. The number of benzene rings is 3. The average molecular weight is 597 g/mol. The third kappa shape index (κ3) is 6.84. The lowest BCUT2D eigenvalue weighted by atomic mass is 9.99. The zero-order valence-corrected chi connectivity index (χ0v) is 24.8. The van der Waals surface area contributed by atoms with Crippen LogP contribution in [-0.4, -0.2) is 80.7 Å². The van der Waals surface area contributed by atoms with Crippen molar-refractivity contribution in [2.24, 2.45) is 5.92 Å². The molecular weight excluding hydrogens is 560 g/mol. The Labute approximate surface area is 246 Å². The lowest BCUT2D eigenvalue weighted by Gasteiger charge is -2.38. The molecule has 11 nitrogen and oxygen atoms in total. The first-order valence-corrected chi connectivity index (χ1v) is 14.9. The van der Waals surface area contributed by atoms with Crippen molar-refractivity contribution in [2.75, 3.05) is 44.5 Å². The summed E-state index contributed by atoms with van der Waals surface area (Å²) in [6.07, 6.45) is -0.719. The highest BCUT2D eigenvalue weighted by Gasteiger charge is 2.36. The van der Waals surface area contributed by atoms with Gasteiger partial charge in [0.15, 0.2) is 5.75 Å². The van der Waals surface area contributed by atoms with Crippen molar-refractivity contribution < 1.29 is 32.6 Å². The number of methoxy groups -OCH3 is 1. The van der Waals surface area contributed by atoms with E-state index in [2.05, 4.69) is 10.6 Å². The van der Waals surface area contributed by atoms with Crippen molar-refractivity contribution >= 4 is 33.3 Å². The van der Waals surface area contributed by atoms with Gasteiger partial charge in [-0.05, 0) is 55.5 Å². The fourth-order valence-corrected chi connectivity index (χ4v) is 5.83. The second-order valence-corrected chi connectivity index (χ2v) is 12.3. The number of anilines is 2. The molecular formula is C30H36N4O7S. The maximum atomic E-state index is 13.7. The van der Waals surface area contributed by atoms with Gasteiger partial charge in [-0.1, -0.05) is 31.2 Å². The predicted molar refractivity (Wildman–Crippen MR) is 159 cm³/mol. The van der Waals surface area contributed by atoms with Gasteiger partial charge in [-0.25, -0.2) is 13.2 Å². The fraction of sp³-hybridized carbons (Fsp3) is 0.333. The largest absolute Gasteiger partial charge is 0.497 e.